The molecule has 0 saturated carbocycles. The lowest BCUT2D eigenvalue weighted by atomic mass is 10.8. The highest BCUT2D eigenvalue weighted by Crippen LogP contribution is 1.64. The number of aliphatic hydroxyl groups excluding tert-OH is 1. The minimum Gasteiger partial charge on any atom is -0.397 e. The van der Waals surface area contributed by atoms with Crippen LogP contribution in [0.25, 0.3) is 0 Å². The molecule has 0 spiro atoms. The molecule has 0 aliphatic heterocycles. The highest BCUT2D eigenvalue weighted by Gasteiger charge is 1.64. The van der Waals surface area contributed by atoms with E-state index in [1.165, 1.54) is 0 Å². The summed E-state index contributed by atoms with van der Waals surface area (Å²) >= 11 is 0. The molecule has 1 N–H and O–H groups in total. The number of hydrogen-bond donors (Lipinski definition) is 1. The van der Waals surface area contributed by atoms with E-state index in [0.29, 0.717) is 0 Å². The van der Waals surface area contributed by atoms with Gasteiger partial charge in [-0.05, 0) is 20.8 Å². The van der Waals surface area contributed by atoms with Crippen LogP contribution in [0, 0.1) is 0 Å². The summed E-state index contributed by atoms with van der Waals surface area (Å²) in [5, 5.41) is 7.57. The molecule has 2 nitrogen and oxygen atoms in total. The summed E-state index contributed by atoms with van der Waals surface area (Å²) in [5.74, 6) is 0. The Morgan fingerprint density at radius 3 is 1.30 bits per heavy atom. The van der Waals surface area contributed by atoms with Crippen molar-refractivity contribution < 1.29 is 9.84 Å². The quantitative estimate of drug-likeness (QED) is 0.605. The van der Waals surface area contributed by atoms with Crippen LogP contribution in [-0.4, -0.2) is 24.9 Å². The maximum atomic E-state index is 7.57. The zero-order chi connectivity index (χ0) is 8.83. The minimum atomic E-state index is 0.250. The van der Waals surface area contributed by atoms with Crippen molar-refractivity contribution >= 4 is 0 Å². The summed E-state index contributed by atoms with van der Waals surface area (Å²) < 4.78 is 4.83. The predicted molar refractivity (Wildman–Crippen MR) is 46.2 cm³/mol. The van der Waals surface area contributed by atoms with Crippen LogP contribution >= 0.6 is 0 Å². The lowest BCUT2D eigenvalue weighted by molar-refractivity contribution is 0.162. The number of aliphatic hydroxyl groups is 1. The number of ether oxygens (including phenoxy) is 1. The van der Waals surface area contributed by atoms with E-state index in [9.17, 15) is 0 Å². The Balaban J connectivity index is -0.0000000847. The van der Waals surface area contributed by atoms with Gasteiger partial charge in [0, 0.05) is 19.8 Å². The maximum absolute atomic E-state index is 7.57. The number of hydrogen-bond acceptors (Lipinski definition) is 2. The lowest BCUT2D eigenvalue weighted by Gasteiger charge is -1.86. The van der Waals surface area contributed by atoms with Gasteiger partial charge in [-0.25, -0.2) is 0 Å². The van der Waals surface area contributed by atoms with Crippen LogP contribution in [0.15, 0.2) is 13.2 Å². The summed E-state index contributed by atoms with van der Waals surface area (Å²) in [4.78, 5) is 0. The van der Waals surface area contributed by atoms with Gasteiger partial charge in [-0.2, -0.15) is 0 Å². The molecule has 0 radical (unpaired) electrons. The van der Waals surface area contributed by atoms with Crippen molar-refractivity contribution in [3.05, 3.63) is 13.2 Å². The summed E-state index contributed by atoms with van der Waals surface area (Å²) in [5.41, 5.74) is 0. The van der Waals surface area contributed by atoms with Crippen LogP contribution in [0.4, 0.5) is 0 Å². The molecule has 0 saturated heterocycles. The molecule has 0 amide bonds. The summed E-state index contributed by atoms with van der Waals surface area (Å²) in [6, 6.07) is 0. The highest BCUT2D eigenvalue weighted by molar-refractivity contribution is 4.22. The minimum absolute atomic E-state index is 0.250. The van der Waals surface area contributed by atoms with E-state index in [1.807, 2.05) is 13.8 Å². The van der Waals surface area contributed by atoms with Gasteiger partial charge in [0.25, 0.3) is 0 Å². The van der Waals surface area contributed by atoms with Gasteiger partial charge in [0.15, 0.2) is 0 Å². The van der Waals surface area contributed by atoms with Gasteiger partial charge >= 0.3 is 0 Å². The normalized spacial score (nSPS) is 6.40. The molecular formula is C8H20O2. The molecule has 0 heterocycles. The largest absolute Gasteiger partial charge is 0.397 e. The zero-order valence-corrected chi connectivity index (χ0v) is 7.39. The molecule has 0 atom stereocenters. The van der Waals surface area contributed by atoms with Gasteiger partial charge in [-0.3, -0.25) is 0 Å². The van der Waals surface area contributed by atoms with E-state index in [2.05, 4.69) is 13.2 Å². The molecule has 0 unspecified atom stereocenters. The third-order valence-corrected chi connectivity index (χ3v) is 0.408. The first-order valence-electron chi connectivity index (χ1n) is 3.51. The number of rotatable bonds is 2. The third kappa shape index (κ3) is 123. The van der Waals surface area contributed by atoms with Gasteiger partial charge in [-0.1, -0.05) is 0 Å². The second kappa shape index (κ2) is 37.9. The fourth-order valence-corrected chi connectivity index (χ4v) is 0.204. The summed E-state index contributed by atoms with van der Waals surface area (Å²) in [7, 11) is 0. The van der Waals surface area contributed by atoms with Gasteiger partial charge in [-0.15, -0.1) is 13.2 Å². The fraction of sp³-hybridized carbons (Fsp3) is 0.750. The van der Waals surface area contributed by atoms with Gasteiger partial charge in [0.1, 0.15) is 0 Å². The first-order chi connectivity index (χ1) is 4.83. The van der Waals surface area contributed by atoms with Crippen molar-refractivity contribution in [2.45, 2.75) is 20.8 Å². The molecule has 64 valence electrons. The molecule has 0 rings (SSSR count). The second-order valence-electron chi connectivity index (χ2n) is 1.10. The van der Waals surface area contributed by atoms with Crippen molar-refractivity contribution in [3.8, 4) is 0 Å². The van der Waals surface area contributed by atoms with E-state index >= 15 is 0 Å². The zero-order valence-electron chi connectivity index (χ0n) is 7.39. The molecule has 0 fully saturated rings. The van der Waals surface area contributed by atoms with E-state index < -0.39 is 0 Å². The smallest absolute Gasteiger partial charge is 0.0437 e. The second-order valence-corrected chi connectivity index (χ2v) is 1.10. The van der Waals surface area contributed by atoms with Gasteiger partial charge < -0.3 is 9.84 Å². The molecule has 0 aromatic carbocycles. The Morgan fingerprint density at radius 1 is 1.10 bits per heavy atom. The summed E-state index contributed by atoms with van der Waals surface area (Å²) in [6.45, 7) is 13.6. The van der Waals surface area contributed by atoms with Crippen molar-refractivity contribution in [2.75, 3.05) is 19.8 Å². The Labute approximate surface area is 64.5 Å². The highest BCUT2D eigenvalue weighted by atomic mass is 16.5. The van der Waals surface area contributed by atoms with Crippen molar-refractivity contribution in [1.82, 2.24) is 0 Å². The molecule has 0 aromatic rings. The Morgan fingerprint density at radius 2 is 1.30 bits per heavy atom. The van der Waals surface area contributed by atoms with Crippen molar-refractivity contribution in [3.63, 3.8) is 0 Å². The topological polar surface area (TPSA) is 29.5 Å². The van der Waals surface area contributed by atoms with Crippen LogP contribution in [0.1, 0.15) is 20.8 Å². The van der Waals surface area contributed by atoms with Crippen molar-refractivity contribution in [1.29, 1.82) is 0 Å². The van der Waals surface area contributed by atoms with Crippen LogP contribution < -0.4 is 0 Å². The van der Waals surface area contributed by atoms with E-state index in [-0.39, 0.29) is 6.61 Å². The van der Waals surface area contributed by atoms with Crippen LogP contribution in [0.3, 0.4) is 0 Å². The Bertz CT molecular complexity index is 28.4. The van der Waals surface area contributed by atoms with Crippen LogP contribution in [-0.2, 0) is 4.74 Å². The van der Waals surface area contributed by atoms with E-state index in [4.69, 9.17) is 9.84 Å². The van der Waals surface area contributed by atoms with Crippen LogP contribution in [0.2, 0.25) is 0 Å². The lowest BCUT2D eigenvalue weighted by Crippen LogP contribution is -1.84. The molecular weight excluding hydrogens is 128 g/mol. The Kier molecular flexibility index (Phi) is 62.0. The predicted octanol–water partition coefficient (Wildman–Crippen LogP) is 1.84. The molecule has 0 aliphatic carbocycles. The fourth-order valence-electron chi connectivity index (χ4n) is 0.204. The first-order valence-corrected chi connectivity index (χ1v) is 3.51. The van der Waals surface area contributed by atoms with Gasteiger partial charge in [0.2, 0.25) is 0 Å². The summed E-state index contributed by atoms with van der Waals surface area (Å²) in [6.07, 6.45) is 0. The molecule has 2 heteroatoms. The SMILES string of the molecule is C=C.CCO.CCOCC. The first kappa shape index (κ1) is 16.3. The third-order valence-electron chi connectivity index (χ3n) is 0.408. The average molecular weight is 148 g/mol. The monoisotopic (exact) mass is 148 g/mol. The standard InChI is InChI=1S/C4H10O.C2H6O.C2H4/c1-3-5-4-2;1-2-3;1-2/h3-4H2,1-2H3;3H,2H2,1H3;1-2H2. The average Bonchev–Trinajstić information content (AvgIpc) is 1.96. The maximum Gasteiger partial charge on any atom is 0.0437 e. The van der Waals surface area contributed by atoms with Crippen LogP contribution in [0.5, 0.6) is 0 Å². The van der Waals surface area contributed by atoms with E-state index in [1.54, 1.807) is 6.92 Å². The molecule has 10 heavy (non-hydrogen) atoms. The molecule has 0 aliphatic rings. The molecule has 0 aromatic heterocycles. The Hall–Kier alpha value is -0.340. The van der Waals surface area contributed by atoms with Gasteiger partial charge in [0.05, 0.1) is 0 Å². The van der Waals surface area contributed by atoms with E-state index in [0.717, 1.165) is 13.2 Å². The van der Waals surface area contributed by atoms with Crippen molar-refractivity contribution in [2.24, 2.45) is 0 Å². The molecule has 0 bridgehead atoms.